The average Bonchev–Trinajstić information content (AvgIpc) is 3.17. The van der Waals surface area contributed by atoms with Crippen LogP contribution < -0.4 is 9.47 Å². The molecule has 1 aromatic carbocycles. The monoisotopic (exact) mass is 444 g/mol. The van der Waals surface area contributed by atoms with E-state index in [2.05, 4.69) is 32.5 Å². The molecule has 0 amide bonds. The van der Waals surface area contributed by atoms with Gasteiger partial charge in [-0.1, -0.05) is 25.3 Å². The van der Waals surface area contributed by atoms with Crippen molar-refractivity contribution in [1.29, 1.82) is 0 Å². The predicted octanol–water partition coefficient (Wildman–Crippen LogP) is 3.34. The molecule has 7 nitrogen and oxygen atoms in total. The summed E-state index contributed by atoms with van der Waals surface area (Å²) in [7, 11) is 3.78. The second-order valence-electron chi connectivity index (χ2n) is 8.92. The van der Waals surface area contributed by atoms with Crippen molar-refractivity contribution in [2.24, 2.45) is 0 Å². The molecule has 1 atom stereocenters. The van der Waals surface area contributed by atoms with Gasteiger partial charge >= 0.3 is 0 Å². The number of aliphatic hydroxyl groups is 1. The maximum absolute atomic E-state index is 10.5. The minimum atomic E-state index is -0.503. The van der Waals surface area contributed by atoms with E-state index in [1.807, 2.05) is 31.5 Å². The topological polar surface area (TPSA) is 63.0 Å². The number of hydrogen-bond acceptors (Lipinski definition) is 6. The molecule has 32 heavy (non-hydrogen) atoms. The van der Waals surface area contributed by atoms with Crippen LogP contribution in [-0.2, 0) is 13.1 Å². The van der Waals surface area contributed by atoms with Crippen molar-refractivity contribution >= 4 is 0 Å². The Morgan fingerprint density at radius 3 is 2.56 bits per heavy atom. The van der Waals surface area contributed by atoms with E-state index in [4.69, 9.17) is 9.47 Å². The third-order valence-corrected chi connectivity index (χ3v) is 6.18. The fraction of sp³-hybridized carbons (Fsp3) is 0.640. The lowest BCUT2D eigenvalue weighted by Gasteiger charge is -2.26. The number of likely N-dealkylation sites (tertiary alicyclic amines) is 1. The fourth-order valence-corrected chi connectivity index (χ4v) is 4.27. The van der Waals surface area contributed by atoms with Crippen molar-refractivity contribution < 1.29 is 14.6 Å². The van der Waals surface area contributed by atoms with Gasteiger partial charge in [0.1, 0.15) is 18.5 Å². The van der Waals surface area contributed by atoms with Gasteiger partial charge in [0.05, 0.1) is 7.11 Å². The van der Waals surface area contributed by atoms with Crippen molar-refractivity contribution in [2.45, 2.75) is 58.2 Å². The number of β-amino-alcohol motifs (C(OH)–C–C–N with tert-alkyl or cyclic N) is 1. The smallest absolute Gasteiger partial charge is 0.161 e. The van der Waals surface area contributed by atoms with Crippen molar-refractivity contribution in [3.05, 3.63) is 42.0 Å². The zero-order valence-electron chi connectivity index (χ0n) is 20.0. The summed E-state index contributed by atoms with van der Waals surface area (Å²) in [5.74, 6) is 2.43. The van der Waals surface area contributed by atoms with E-state index in [-0.39, 0.29) is 6.61 Å². The van der Waals surface area contributed by atoms with Gasteiger partial charge in [-0.2, -0.15) is 0 Å². The number of benzene rings is 1. The number of rotatable bonds is 11. The molecular weight excluding hydrogens is 404 g/mol. The minimum Gasteiger partial charge on any atom is -0.493 e. The number of aliphatic hydroxyl groups excluding tert-OH is 1. The summed E-state index contributed by atoms with van der Waals surface area (Å²) in [6, 6.07) is 6.05. The Morgan fingerprint density at radius 1 is 1.12 bits per heavy atom. The summed E-state index contributed by atoms with van der Waals surface area (Å²) in [6.07, 6.45) is 9.73. The standard InChI is InChI=1S/C25H40N4O3/c1-21-26-11-14-29(21)16-15-27(2)18-22-9-10-24(25(17-22)31-3)32-20-23(30)19-28-12-7-5-4-6-8-13-28/h9-11,14,17,23,30H,4-8,12-13,15-16,18-20H2,1-3H3. The van der Waals surface area contributed by atoms with Crippen LogP contribution in [0.15, 0.2) is 30.6 Å². The molecule has 3 rings (SSSR count). The predicted molar refractivity (Wildman–Crippen MR) is 127 cm³/mol. The maximum atomic E-state index is 10.5. The van der Waals surface area contributed by atoms with Crippen molar-refractivity contribution in [2.75, 3.05) is 46.9 Å². The van der Waals surface area contributed by atoms with Gasteiger partial charge in [-0.05, 0) is 57.6 Å². The quantitative estimate of drug-likeness (QED) is 0.574. The normalized spacial score (nSPS) is 16.5. The van der Waals surface area contributed by atoms with Crippen LogP contribution in [0.5, 0.6) is 11.5 Å². The number of likely N-dealkylation sites (N-methyl/N-ethyl adjacent to an activating group) is 1. The Kier molecular flexibility index (Phi) is 9.84. The molecule has 2 aromatic rings. The maximum Gasteiger partial charge on any atom is 0.161 e. The highest BCUT2D eigenvalue weighted by molar-refractivity contribution is 5.43. The van der Waals surface area contributed by atoms with Crippen LogP contribution >= 0.6 is 0 Å². The first-order chi connectivity index (χ1) is 15.5. The molecule has 1 unspecified atom stereocenters. The highest BCUT2D eigenvalue weighted by Gasteiger charge is 2.15. The fourth-order valence-electron chi connectivity index (χ4n) is 4.27. The van der Waals surface area contributed by atoms with E-state index >= 15 is 0 Å². The van der Waals surface area contributed by atoms with E-state index in [0.29, 0.717) is 18.0 Å². The molecule has 178 valence electrons. The molecule has 0 spiro atoms. The summed E-state index contributed by atoms with van der Waals surface area (Å²) in [6.45, 7) is 7.78. The Bertz CT molecular complexity index is 802. The number of nitrogens with zero attached hydrogens (tertiary/aromatic N) is 4. The number of aryl methyl sites for hydroxylation is 1. The highest BCUT2D eigenvalue weighted by Crippen LogP contribution is 2.28. The largest absolute Gasteiger partial charge is 0.493 e. The third kappa shape index (κ3) is 7.80. The second-order valence-corrected chi connectivity index (χ2v) is 8.92. The summed E-state index contributed by atoms with van der Waals surface area (Å²) < 4.78 is 13.7. The van der Waals surface area contributed by atoms with Crippen LogP contribution in [0, 0.1) is 6.92 Å². The summed E-state index contributed by atoms with van der Waals surface area (Å²) >= 11 is 0. The van der Waals surface area contributed by atoms with Gasteiger partial charge in [0.15, 0.2) is 11.5 Å². The molecule has 2 heterocycles. The van der Waals surface area contributed by atoms with Crippen LogP contribution in [0.1, 0.15) is 43.5 Å². The average molecular weight is 445 g/mol. The summed E-state index contributed by atoms with van der Waals surface area (Å²) in [5.41, 5.74) is 1.17. The lowest BCUT2D eigenvalue weighted by molar-refractivity contribution is 0.0645. The van der Waals surface area contributed by atoms with Gasteiger partial charge in [0.25, 0.3) is 0 Å². The number of hydrogen-bond donors (Lipinski definition) is 1. The summed E-state index contributed by atoms with van der Waals surface area (Å²) in [5, 5.41) is 10.5. The Hall–Kier alpha value is -2.09. The molecule has 0 saturated carbocycles. The lowest BCUT2D eigenvalue weighted by Crippen LogP contribution is -2.37. The van der Waals surface area contributed by atoms with Crippen LogP contribution in [-0.4, -0.2) is 77.5 Å². The zero-order valence-corrected chi connectivity index (χ0v) is 20.0. The Balaban J connectivity index is 1.46. The zero-order chi connectivity index (χ0) is 22.8. The first kappa shape index (κ1) is 24.6. The number of imidazole rings is 1. The number of ether oxygens (including phenoxy) is 2. The Morgan fingerprint density at radius 2 is 1.88 bits per heavy atom. The molecule has 0 bridgehead atoms. The van der Waals surface area contributed by atoms with Gasteiger partial charge in [0.2, 0.25) is 0 Å². The number of methoxy groups -OCH3 is 1. The van der Waals surface area contributed by atoms with Crippen molar-refractivity contribution in [3.63, 3.8) is 0 Å². The highest BCUT2D eigenvalue weighted by atomic mass is 16.5. The molecule has 1 aliphatic heterocycles. The van der Waals surface area contributed by atoms with Gasteiger partial charge in [-0.15, -0.1) is 0 Å². The van der Waals surface area contributed by atoms with E-state index < -0.39 is 6.10 Å². The molecule has 7 heteroatoms. The van der Waals surface area contributed by atoms with E-state index in [9.17, 15) is 5.11 Å². The van der Waals surface area contributed by atoms with E-state index in [1.54, 1.807) is 7.11 Å². The van der Waals surface area contributed by atoms with Crippen LogP contribution in [0.4, 0.5) is 0 Å². The summed E-state index contributed by atoms with van der Waals surface area (Å²) in [4.78, 5) is 8.92. The molecule has 1 aliphatic rings. The SMILES string of the molecule is COc1cc(CN(C)CCn2ccnc2C)ccc1OCC(O)CN1CCCCCCC1. The third-order valence-electron chi connectivity index (χ3n) is 6.18. The van der Waals surface area contributed by atoms with E-state index in [0.717, 1.165) is 38.5 Å². The lowest BCUT2D eigenvalue weighted by atomic mass is 10.1. The molecule has 1 aromatic heterocycles. The first-order valence-electron chi connectivity index (χ1n) is 11.9. The van der Waals surface area contributed by atoms with Crippen LogP contribution in [0.3, 0.4) is 0 Å². The van der Waals surface area contributed by atoms with Gasteiger partial charge in [-0.25, -0.2) is 4.98 Å². The minimum absolute atomic E-state index is 0.274. The number of aromatic nitrogens is 2. The molecule has 0 radical (unpaired) electrons. The first-order valence-corrected chi connectivity index (χ1v) is 11.9. The molecule has 1 saturated heterocycles. The van der Waals surface area contributed by atoms with Crippen LogP contribution in [0.2, 0.25) is 0 Å². The molecule has 1 fully saturated rings. The molecule has 0 aliphatic carbocycles. The van der Waals surface area contributed by atoms with Crippen LogP contribution in [0.25, 0.3) is 0 Å². The molecule has 1 N–H and O–H groups in total. The van der Waals surface area contributed by atoms with Gasteiger partial charge in [0, 0.05) is 38.6 Å². The van der Waals surface area contributed by atoms with Crippen molar-refractivity contribution in [3.8, 4) is 11.5 Å². The van der Waals surface area contributed by atoms with E-state index in [1.165, 1.54) is 37.7 Å². The second kappa shape index (κ2) is 12.8. The van der Waals surface area contributed by atoms with Gasteiger partial charge in [-0.3, -0.25) is 0 Å². The van der Waals surface area contributed by atoms with Crippen molar-refractivity contribution in [1.82, 2.24) is 19.4 Å². The van der Waals surface area contributed by atoms with Gasteiger partial charge < -0.3 is 28.9 Å². The Labute approximate surface area is 193 Å². The molecular formula is C25H40N4O3.